The molecule has 142 valence electrons. The zero-order chi connectivity index (χ0) is 19.9. The number of hydrogen-bond acceptors (Lipinski definition) is 5. The van der Waals surface area contributed by atoms with Crippen LogP contribution in [0.4, 0.5) is 11.5 Å². The molecule has 0 aliphatic rings. The van der Waals surface area contributed by atoms with Crippen molar-refractivity contribution in [3.8, 4) is 11.4 Å². The maximum Gasteiger partial charge on any atom is 0.338 e. The maximum absolute atomic E-state index is 12.0. The van der Waals surface area contributed by atoms with Gasteiger partial charge in [0.2, 0.25) is 0 Å². The lowest BCUT2D eigenvalue weighted by Crippen LogP contribution is -2.07. The van der Waals surface area contributed by atoms with Crippen molar-refractivity contribution in [2.75, 3.05) is 11.9 Å². The van der Waals surface area contributed by atoms with Gasteiger partial charge < -0.3 is 10.1 Å². The van der Waals surface area contributed by atoms with Crippen LogP contribution in [0.3, 0.4) is 0 Å². The van der Waals surface area contributed by atoms with E-state index in [-0.39, 0.29) is 5.97 Å². The van der Waals surface area contributed by atoms with E-state index in [1.54, 1.807) is 19.1 Å². The van der Waals surface area contributed by atoms with Gasteiger partial charge in [-0.25, -0.2) is 14.8 Å². The van der Waals surface area contributed by atoms with Gasteiger partial charge in [0.05, 0.1) is 12.2 Å². The summed E-state index contributed by atoms with van der Waals surface area (Å²) >= 11 is 0. The SMILES string of the molecule is C=CCc1c(C)nc(-c2ccccc2)nc1Nc1cccc(C(=O)OCC)c1. The minimum Gasteiger partial charge on any atom is -0.462 e. The number of carbonyl (C=O) groups is 1. The van der Waals surface area contributed by atoms with Gasteiger partial charge in [-0.15, -0.1) is 6.58 Å². The van der Waals surface area contributed by atoms with Crippen LogP contribution in [-0.2, 0) is 11.2 Å². The van der Waals surface area contributed by atoms with E-state index in [0.29, 0.717) is 30.2 Å². The van der Waals surface area contributed by atoms with Crippen LogP contribution in [0.15, 0.2) is 67.3 Å². The minimum atomic E-state index is -0.346. The number of esters is 1. The first-order valence-electron chi connectivity index (χ1n) is 9.20. The molecule has 3 rings (SSSR count). The van der Waals surface area contributed by atoms with Crippen molar-refractivity contribution in [2.45, 2.75) is 20.3 Å². The molecule has 0 spiro atoms. The van der Waals surface area contributed by atoms with Gasteiger partial charge in [0, 0.05) is 22.5 Å². The molecule has 0 aliphatic carbocycles. The van der Waals surface area contributed by atoms with Gasteiger partial charge in [0.15, 0.2) is 5.82 Å². The summed E-state index contributed by atoms with van der Waals surface area (Å²) in [6, 6.07) is 17.0. The first kappa shape index (κ1) is 19.3. The van der Waals surface area contributed by atoms with Crippen molar-refractivity contribution in [2.24, 2.45) is 0 Å². The molecule has 28 heavy (non-hydrogen) atoms. The van der Waals surface area contributed by atoms with Gasteiger partial charge in [-0.1, -0.05) is 42.5 Å². The van der Waals surface area contributed by atoms with Crippen molar-refractivity contribution in [3.63, 3.8) is 0 Å². The first-order valence-corrected chi connectivity index (χ1v) is 9.20. The second kappa shape index (κ2) is 8.95. The second-order valence-electron chi connectivity index (χ2n) is 6.24. The molecule has 1 aromatic heterocycles. The topological polar surface area (TPSA) is 64.1 Å². The number of aryl methyl sites for hydroxylation is 1. The average molecular weight is 373 g/mol. The zero-order valence-electron chi connectivity index (χ0n) is 16.1. The Kier molecular flexibility index (Phi) is 6.17. The van der Waals surface area contributed by atoms with Crippen molar-refractivity contribution >= 4 is 17.5 Å². The molecule has 2 aromatic carbocycles. The van der Waals surface area contributed by atoms with E-state index in [1.165, 1.54) is 0 Å². The number of aromatic nitrogens is 2. The fraction of sp³-hybridized carbons (Fsp3) is 0.174. The predicted octanol–water partition coefficient (Wildman–Crippen LogP) is 5.10. The lowest BCUT2D eigenvalue weighted by Gasteiger charge is -2.15. The summed E-state index contributed by atoms with van der Waals surface area (Å²) in [5, 5.41) is 3.34. The molecule has 0 saturated carbocycles. The predicted molar refractivity (Wildman–Crippen MR) is 112 cm³/mol. The summed E-state index contributed by atoms with van der Waals surface area (Å²) in [6.07, 6.45) is 2.47. The number of rotatable bonds is 7. The highest BCUT2D eigenvalue weighted by Crippen LogP contribution is 2.26. The number of allylic oxidation sites excluding steroid dienone is 1. The third kappa shape index (κ3) is 4.43. The Balaban J connectivity index is 2.00. The van der Waals surface area contributed by atoms with E-state index in [9.17, 15) is 4.79 Å². The number of ether oxygens (including phenoxy) is 1. The Morgan fingerprint density at radius 1 is 1.14 bits per heavy atom. The monoisotopic (exact) mass is 373 g/mol. The molecule has 1 heterocycles. The van der Waals surface area contributed by atoms with Gasteiger partial charge in [-0.2, -0.15) is 0 Å². The summed E-state index contributed by atoms with van der Waals surface area (Å²) < 4.78 is 5.09. The third-order valence-corrected chi connectivity index (χ3v) is 4.23. The molecule has 0 aliphatic heterocycles. The molecule has 5 heteroatoms. The number of anilines is 2. The number of hydrogen-bond donors (Lipinski definition) is 1. The molecular weight excluding hydrogens is 350 g/mol. The van der Waals surface area contributed by atoms with Crippen LogP contribution >= 0.6 is 0 Å². The highest BCUT2D eigenvalue weighted by Gasteiger charge is 2.13. The van der Waals surface area contributed by atoms with Gasteiger partial charge in [0.1, 0.15) is 5.82 Å². The Morgan fingerprint density at radius 3 is 2.64 bits per heavy atom. The van der Waals surface area contributed by atoms with Gasteiger partial charge in [-0.3, -0.25) is 0 Å². The standard InChI is InChI=1S/C23H23N3O2/c1-4-10-20-16(3)24-21(17-11-7-6-8-12-17)26-22(20)25-19-14-9-13-18(15-19)23(27)28-5-2/h4,6-9,11-15H,1,5,10H2,2-3H3,(H,24,25,26). The maximum atomic E-state index is 12.0. The molecule has 0 unspecified atom stereocenters. The Bertz CT molecular complexity index is 984. The van der Waals surface area contributed by atoms with Crippen LogP contribution in [0.25, 0.3) is 11.4 Å². The van der Waals surface area contributed by atoms with E-state index < -0.39 is 0 Å². The average Bonchev–Trinajstić information content (AvgIpc) is 2.71. The van der Waals surface area contributed by atoms with Crippen LogP contribution in [0, 0.1) is 6.92 Å². The van der Waals surface area contributed by atoms with Gasteiger partial charge in [0.25, 0.3) is 0 Å². The van der Waals surface area contributed by atoms with Crippen LogP contribution in [-0.4, -0.2) is 22.5 Å². The third-order valence-electron chi connectivity index (χ3n) is 4.23. The van der Waals surface area contributed by atoms with Crippen molar-refractivity contribution in [1.29, 1.82) is 0 Å². The molecular formula is C23H23N3O2. The smallest absolute Gasteiger partial charge is 0.338 e. The molecule has 1 N–H and O–H groups in total. The molecule has 3 aromatic rings. The Morgan fingerprint density at radius 2 is 1.93 bits per heavy atom. The zero-order valence-corrected chi connectivity index (χ0v) is 16.1. The van der Waals surface area contributed by atoms with Gasteiger partial charge >= 0.3 is 5.97 Å². The Labute approximate surface area is 165 Å². The van der Waals surface area contributed by atoms with Crippen LogP contribution in [0.1, 0.15) is 28.5 Å². The van der Waals surface area contributed by atoms with Crippen molar-refractivity contribution < 1.29 is 9.53 Å². The second-order valence-corrected chi connectivity index (χ2v) is 6.24. The number of nitrogens with zero attached hydrogens (tertiary/aromatic N) is 2. The fourth-order valence-electron chi connectivity index (χ4n) is 2.88. The summed E-state index contributed by atoms with van der Waals surface area (Å²) in [7, 11) is 0. The number of carbonyl (C=O) groups excluding carboxylic acids is 1. The van der Waals surface area contributed by atoms with E-state index in [2.05, 4.69) is 16.9 Å². The molecule has 0 bridgehead atoms. The van der Waals surface area contributed by atoms with Crippen molar-refractivity contribution in [3.05, 3.63) is 84.1 Å². The summed E-state index contributed by atoms with van der Waals surface area (Å²) in [5.41, 5.74) is 4.05. The van der Waals surface area contributed by atoms with E-state index in [0.717, 1.165) is 22.5 Å². The molecule has 0 fully saturated rings. The van der Waals surface area contributed by atoms with Crippen LogP contribution in [0.5, 0.6) is 0 Å². The van der Waals surface area contributed by atoms with E-state index in [1.807, 2.05) is 55.5 Å². The van der Waals surface area contributed by atoms with E-state index in [4.69, 9.17) is 9.72 Å². The highest BCUT2D eigenvalue weighted by atomic mass is 16.5. The first-order chi connectivity index (χ1) is 13.6. The van der Waals surface area contributed by atoms with Crippen molar-refractivity contribution in [1.82, 2.24) is 9.97 Å². The summed E-state index contributed by atoms with van der Waals surface area (Å²) in [5.74, 6) is 1.00. The summed E-state index contributed by atoms with van der Waals surface area (Å²) in [4.78, 5) is 21.4. The lowest BCUT2D eigenvalue weighted by atomic mass is 10.1. The normalized spacial score (nSPS) is 10.4. The Hall–Kier alpha value is -3.47. The van der Waals surface area contributed by atoms with Crippen LogP contribution in [0.2, 0.25) is 0 Å². The van der Waals surface area contributed by atoms with Crippen LogP contribution < -0.4 is 5.32 Å². The lowest BCUT2D eigenvalue weighted by molar-refractivity contribution is 0.0526. The molecule has 5 nitrogen and oxygen atoms in total. The highest BCUT2D eigenvalue weighted by molar-refractivity contribution is 5.90. The molecule has 0 amide bonds. The van der Waals surface area contributed by atoms with Gasteiger partial charge in [-0.05, 0) is 38.5 Å². The molecule has 0 atom stereocenters. The quantitative estimate of drug-likeness (QED) is 0.461. The molecule has 0 saturated heterocycles. The fourth-order valence-corrected chi connectivity index (χ4v) is 2.88. The number of nitrogens with one attached hydrogen (secondary N) is 1. The minimum absolute atomic E-state index is 0.339. The molecule has 0 radical (unpaired) electrons. The largest absolute Gasteiger partial charge is 0.462 e. The number of benzene rings is 2. The summed E-state index contributed by atoms with van der Waals surface area (Å²) in [6.45, 7) is 7.93. The van der Waals surface area contributed by atoms with E-state index >= 15 is 0 Å².